The predicted octanol–water partition coefficient (Wildman–Crippen LogP) is 4.62. The number of hydrogen-bond donors (Lipinski definition) is 4. The molecule has 4 rings (SSSR count). The summed E-state index contributed by atoms with van der Waals surface area (Å²) in [6.45, 7) is 4.37. The van der Waals surface area contributed by atoms with Gasteiger partial charge in [0.05, 0.1) is 12.3 Å². The van der Waals surface area contributed by atoms with Crippen LogP contribution in [0.2, 0.25) is 0 Å². The number of anilines is 4. The number of carbonyl (C=O) groups is 2. The second-order valence-electron chi connectivity index (χ2n) is 8.32. The Kier molecular flexibility index (Phi) is 7.47. The average molecular weight is 478 g/mol. The first kappa shape index (κ1) is 24.0. The van der Waals surface area contributed by atoms with Crippen molar-refractivity contribution in [2.75, 3.05) is 47.0 Å². The van der Waals surface area contributed by atoms with Crippen molar-refractivity contribution >= 4 is 34.8 Å². The molecular formula is C26H28FN5O3. The Hall–Kier alpha value is -4.11. The van der Waals surface area contributed by atoms with Crippen LogP contribution in [0.3, 0.4) is 0 Å². The molecule has 1 heterocycles. The van der Waals surface area contributed by atoms with Crippen molar-refractivity contribution in [1.82, 2.24) is 4.90 Å². The van der Waals surface area contributed by atoms with E-state index in [1.54, 1.807) is 41.3 Å². The molecule has 3 aromatic carbocycles. The number of rotatable bonds is 5. The van der Waals surface area contributed by atoms with Crippen LogP contribution in [0.1, 0.15) is 11.1 Å². The minimum absolute atomic E-state index is 0.0328. The maximum atomic E-state index is 13.7. The van der Waals surface area contributed by atoms with Crippen molar-refractivity contribution in [2.24, 2.45) is 0 Å². The number of para-hydroxylation sites is 1. The molecule has 0 radical (unpaired) electrons. The lowest BCUT2D eigenvalue weighted by molar-refractivity contribution is 0.208. The summed E-state index contributed by atoms with van der Waals surface area (Å²) in [7, 11) is 0. The predicted molar refractivity (Wildman–Crippen MR) is 135 cm³/mol. The topological polar surface area (TPSA) is 96.9 Å². The quantitative estimate of drug-likeness (QED) is 0.431. The third-order valence-corrected chi connectivity index (χ3v) is 5.89. The Morgan fingerprint density at radius 3 is 2.26 bits per heavy atom. The van der Waals surface area contributed by atoms with Crippen molar-refractivity contribution in [3.8, 4) is 0 Å². The first-order chi connectivity index (χ1) is 16.9. The number of urea groups is 2. The molecule has 4 N–H and O–H groups in total. The van der Waals surface area contributed by atoms with E-state index >= 15 is 0 Å². The second kappa shape index (κ2) is 10.9. The molecule has 9 heteroatoms. The van der Waals surface area contributed by atoms with Gasteiger partial charge in [0, 0.05) is 43.2 Å². The smallest absolute Gasteiger partial charge is 0.323 e. The second-order valence-corrected chi connectivity index (χ2v) is 8.32. The SMILES string of the molecule is Cc1cc(CO)ccc1NC(=O)N1CCN(c2ccc(NC(=O)Nc3ccccc3F)cc2)CC1. The molecule has 3 aromatic rings. The summed E-state index contributed by atoms with van der Waals surface area (Å²) in [5, 5.41) is 17.4. The number of piperazine rings is 1. The number of carbonyl (C=O) groups excluding carboxylic acids is 2. The van der Waals surface area contributed by atoms with Gasteiger partial charge in [-0.3, -0.25) is 0 Å². The van der Waals surface area contributed by atoms with Crippen molar-refractivity contribution in [2.45, 2.75) is 13.5 Å². The summed E-state index contributed by atoms with van der Waals surface area (Å²) in [5.41, 5.74) is 4.13. The number of halogens is 1. The van der Waals surface area contributed by atoms with Crippen LogP contribution in [0.5, 0.6) is 0 Å². The standard InChI is InChI=1S/C26H28FN5O3/c1-18-16-19(17-33)6-11-23(18)30-26(35)32-14-12-31(13-15-32)21-9-7-20(8-10-21)28-25(34)29-24-5-3-2-4-22(24)27/h2-11,16,33H,12-15,17H2,1H3,(H,30,35)(H2,28,29,34). The van der Waals surface area contributed by atoms with Crippen LogP contribution in [-0.2, 0) is 6.61 Å². The van der Waals surface area contributed by atoms with Crippen molar-refractivity contribution in [3.63, 3.8) is 0 Å². The average Bonchev–Trinajstić information content (AvgIpc) is 2.87. The molecular weight excluding hydrogens is 449 g/mol. The van der Waals surface area contributed by atoms with E-state index in [2.05, 4.69) is 20.9 Å². The lowest BCUT2D eigenvalue weighted by Gasteiger charge is -2.36. The highest BCUT2D eigenvalue weighted by Crippen LogP contribution is 2.21. The molecule has 0 aliphatic carbocycles. The van der Waals surface area contributed by atoms with Gasteiger partial charge in [-0.15, -0.1) is 0 Å². The zero-order valence-electron chi connectivity index (χ0n) is 19.4. The Morgan fingerprint density at radius 2 is 1.60 bits per heavy atom. The van der Waals surface area contributed by atoms with Crippen molar-refractivity contribution in [1.29, 1.82) is 0 Å². The molecule has 0 saturated carbocycles. The zero-order valence-corrected chi connectivity index (χ0v) is 19.4. The van der Waals surface area contributed by atoms with Gasteiger partial charge in [0.25, 0.3) is 0 Å². The Bertz CT molecular complexity index is 1190. The van der Waals surface area contributed by atoms with E-state index in [0.29, 0.717) is 31.9 Å². The molecule has 0 aromatic heterocycles. The van der Waals surface area contributed by atoms with E-state index < -0.39 is 11.8 Å². The van der Waals surface area contributed by atoms with Gasteiger partial charge >= 0.3 is 12.1 Å². The molecule has 0 unspecified atom stereocenters. The van der Waals surface area contributed by atoms with Crippen LogP contribution in [0.25, 0.3) is 0 Å². The van der Waals surface area contributed by atoms with Gasteiger partial charge in [0.1, 0.15) is 5.82 Å². The molecule has 35 heavy (non-hydrogen) atoms. The fraction of sp³-hybridized carbons (Fsp3) is 0.231. The third kappa shape index (κ3) is 6.07. The summed E-state index contributed by atoms with van der Waals surface area (Å²) < 4.78 is 13.7. The molecule has 1 fully saturated rings. The minimum atomic E-state index is -0.524. The van der Waals surface area contributed by atoms with Crippen LogP contribution in [0.4, 0.5) is 36.7 Å². The van der Waals surface area contributed by atoms with E-state index in [4.69, 9.17) is 0 Å². The van der Waals surface area contributed by atoms with Gasteiger partial charge in [0.2, 0.25) is 0 Å². The number of nitrogens with one attached hydrogen (secondary N) is 3. The monoisotopic (exact) mass is 477 g/mol. The lowest BCUT2D eigenvalue weighted by atomic mass is 10.1. The highest BCUT2D eigenvalue weighted by molar-refractivity contribution is 5.99. The van der Waals surface area contributed by atoms with E-state index in [1.165, 1.54) is 12.1 Å². The molecule has 0 bridgehead atoms. The van der Waals surface area contributed by atoms with Crippen LogP contribution >= 0.6 is 0 Å². The number of hydrogen-bond acceptors (Lipinski definition) is 4. The number of aliphatic hydroxyl groups excluding tert-OH is 1. The normalized spacial score (nSPS) is 13.3. The van der Waals surface area contributed by atoms with E-state index in [1.807, 2.05) is 25.1 Å². The molecule has 1 aliphatic rings. The Balaban J connectivity index is 1.27. The van der Waals surface area contributed by atoms with Crippen LogP contribution < -0.4 is 20.9 Å². The first-order valence-corrected chi connectivity index (χ1v) is 11.4. The highest BCUT2D eigenvalue weighted by Gasteiger charge is 2.22. The Morgan fingerprint density at radius 1 is 0.886 bits per heavy atom. The van der Waals surface area contributed by atoms with E-state index in [0.717, 1.165) is 22.5 Å². The molecule has 8 nitrogen and oxygen atoms in total. The van der Waals surface area contributed by atoms with Crippen LogP contribution in [0, 0.1) is 12.7 Å². The van der Waals surface area contributed by atoms with Crippen molar-refractivity contribution < 1.29 is 19.1 Å². The molecule has 0 atom stereocenters. The van der Waals surface area contributed by atoms with Gasteiger partial charge in [-0.2, -0.15) is 0 Å². The van der Waals surface area contributed by atoms with Gasteiger partial charge < -0.3 is 30.9 Å². The minimum Gasteiger partial charge on any atom is -0.392 e. The maximum absolute atomic E-state index is 13.7. The number of amides is 4. The summed E-state index contributed by atoms with van der Waals surface area (Å²) >= 11 is 0. The molecule has 1 aliphatic heterocycles. The summed E-state index contributed by atoms with van der Waals surface area (Å²) in [6, 6.07) is 18.1. The summed E-state index contributed by atoms with van der Waals surface area (Å²) in [4.78, 5) is 28.8. The van der Waals surface area contributed by atoms with Gasteiger partial charge in [-0.1, -0.05) is 24.3 Å². The number of nitrogens with zero attached hydrogens (tertiary/aromatic N) is 2. The van der Waals surface area contributed by atoms with E-state index in [9.17, 15) is 19.1 Å². The lowest BCUT2D eigenvalue weighted by Crippen LogP contribution is -2.50. The molecule has 4 amide bonds. The zero-order chi connectivity index (χ0) is 24.8. The summed E-state index contributed by atoms with van der Waals surface area (Å²) in [5.74, 6) is -0.499. The van der Waals surface area contributed by atoms with E-state index in [-0.39, 0.29) is 18.3 Å². The number of benzene rings is 3. The highest BCUT2D eigenvalue weighted by atomic mass is 19.1. The van der Waals surface area contributed by atoms with Crippen LogP contribution in [-0.4, -0.2) is 48.2 Å². The summed E-state index contributed by atoms with van der Waals surface area (Å²) in [6.07, 6.45) is 0. The fourth-order valence-electron chi connectivity index (χ4n) is 3.93. The first-order valence-electron chi connectivity index (χ1n) is 11.4. The Labute approximate surface area is 203 Å². The largest absolute Gasteiger partial charge is 0.392 e. The molecule has 182 valence electrons. The van der Waals surface area contributed by atoms with Crippen LogP contribution in [0.15, 0.2) is 66.7 Å². The number of aliphatic hydroxyl groups is 1. The van der Waals surface area contributed by atoms with Crippen molar-refractivity contribution in [3.05, 3.63) is 83.7 Å². The number of aryl methyl sites for hydroxylation is 1. The fourth-order valence-corrected chi connectivity index (χ4v) is 3.93. The molecule has 0 spiro atoms. The molecule has 1 saturated heterocycles. The van der Waals surface area contributed by atoms with Gasteiger partial charge in [-0.05, 0) is 60.5 Å². The van der Waals surface area contributed by atoms with Gasteiger partial charge in [0.15, 0.2) is 0 Å². The maximum Gasteiger partial charge on any atom is 0.323 e. The third-order valence-electron chi connectivity index (χ3n) is 5.89. The van der Waals surface area contributed by atoms with Gasteiger partial charge in [-0.25, -0.2) is 14.0 Å².